The van der Waals surface area contributed by atoms with Crippen molar-refractivity contribution >= 4 is 5.91 Å². The lowest BCUT2D eigenvalue weighted by Crippen LogP contribution is -2.55. The van der Waals surface area contributed by atoms with Gasteiger partial charge in [-0.1, -0.05) is 13.8 Å². The number of hydrogen-bond donors (Lipinski definition) is 0. The Bertz CT molecular complexity index is 324. The van der Waals surface area contributed by atoms with Gasteiger partial charge in [-0.05, 0) is 26.7 Å². The molecule has 0 spiro atoms. The molecule has 1 amide bonds. The molecule has 0 N–H and O–H groups in total. The van der Waals surface area contributed by atoms with Crippen molar-refractivity contribution in [1.82, 2.24) is 4.90 Å². The summed E-state index contributed by atoms with van der Waals surface area (Å²) >= 11 is 0. The third kappa shape index (κ3) is 2.78. The number of carbonyl (C=O) groups is 1. The molecule has 1 aliphatic rings. The van der Waals surface area contributed by atoms with E-state index in [9.17, 15) is 10.1 Å². The highest BCUT2D eigenvalue weighted by atomic mass is 16.5. The molecule has 4 nitrogen and oxygen atoms in total. The van der Waals surface area contributed by atoms with Gasteiger partial charge in [-0.25, -0.2) is 0 Å². The van der Waals surface area contributed by atoms with Gasteiger partial charge in [0, 0.05) is 6.54 Å². The number of carbonyl (C=O) groups excluding carboxylic acids is 1. The minimum atomic E-state index is -0.898. The molecule has 0 aliphatic carbocycles. The number of nitriles is 1. The van der Waals surface area contributed by atoms with Crippen LogP contribution in [0.5, 0.6) is 0 Å². The Morgan fingerprint density at radius 3 is 2.71 bits per heavy atom. The molecule has 0 saturated carbocycles. The topological polar surface area (TPSA) is 53.3 Å². The SMILES string of the molecule is CCC1COC(C)CN1C(=O)C(C)(C#N)CC. The van der Waals surface area contributed by atoms with E-state index in [4.69, 9.17) is 4.74 Å². The van der Waals surface area contributed by atoms with E-state index in [1.807, 2.05) is 25.7 Å². The normalized spacial score (nSPS) is 28.3. The van der Waals surface area contributed by atoms with Crippen LogP contribution in [0, 0.1) is 16.7 Å². The Hall–Kier alpha value is -1.08. The van der Waals surface area contributed by atoms with Crippen molar-refractivity contribution in [3.8, 4) is 6.07 Å². The smallest absolute Gasteiger partial charge is 0.243 e. The van der Waals surface area contributed by atoms with E-state index < -0.39 is 5.41 Å². The molecule has 1 heterocycles. The number of nitrogens with zero attached hydrogens (tertiary/aromatic N) is 2. The van der Waals surface area contributed by atoms with Gasteiger partial charge in [-0.3, -0.25) is 4.79 Å². The minimum absolute atomic E-state index is 0.0514. The van der Waals surface area contributed by atoms with Crippen LogP contribution >= 0.6 is 0 Å². The molecule has 1 aliphatic heterocycles. The number of amides is 1. The van der Waals surface area contributed by atoms with Crippen LogP contribution in [0.1, 0.15) is 40.5 Å². The van der Waals surface area contributed by atoms with Crippen molar-refractivity contribution in [2.24, 2.45) is 5.41 Å². The second-order valence-electron chi connectivity index (χ2n) is 4.96. The van der Waals surface area contributed by atoms with Crippen LogP contribution < -0.4 is 0 Å². The van der Waals surface area contributed by atoms with Crippen LogP contribution in [0.2, 0.25) is 0 Å². The van der Waals surface area contributed by atoms with Gasteiger partial charge in [-0.15, -0.1) is 0 Å². The molecule has 0 aromatic rings. The molecule has 96 valence electrons. The van der Waals surface area contributed by atoms with Gasteiger partial charge >= 0.3 is 0 Å². The summed E-state index contributed by atoms with van der Waals surface area (Å²) in [4.78, 5) is 14.3. The average Bonchev–Trinajstić information content (AvgIpc) is 2.36. The first-order chi connectivity index (χ1) is 7.98. The number of rotatable bonds is 3. The predicted molar refractivity (Wildman–Crippen MR) is 65.2 cm³/mol. The van der Waals surface area contributed by atoms with Crippen LogP contribution in [-0.4, -0.2) is 36.1 Å². The van der Waals surface area contributed by atoms with E-state index in [0.29, 0.717) is 19.6 Å². The molecule has 17 heavy (non-hydrogen) atoms. The van der Waals surface area contributed by atoms with E-state index in [2.05, 4.69) is 6.07 Å². The molecule has 1 fully saturated rings. The molecular weight excluding hydrogens is 216 g/mol. The highest BCUT2D eigenvalue weighted by Gasteiger charge is 2.39. The van der Waals surface area contributed by atoms with Crippen molar-refractivity contribution in [2.45, 2.75) is 52.7 Å². The molecule has 1 saturated heterocycles. The number of ether oxygens (including phenoxy) is 1. The predicted octanol–water partition coefficient (Wildman–Crippen LogP) is 1.95. The first kappa shape index (κ1) is 14.0. The van der Waals surface area contributed by atoms with Crippen LogP contribution in [0.15, 0.2) is 0 Å². The monoisotopic (exact) mass is 238 g/mol. The van der Waals surface area contributed by atoms with Crippen molar-refractivity contribution in [3.05, 3.63) is 0 Å². The van der Waals surface area contributed by atoms with E-state index in [-0.39, 0.29) is 18.1 Å². The summed E-state index contributed by atoms with van der Waals surface area (Å²) in [5.41, 5.74) is -0.898. The molecule has 0 bridgehead atoms. The summed E-state index contributed by atoms with van der Waals surface area (Å²) in [7, 11) is 0. The van der Waals surface area contributed by atoms with Crippen molar-refractivity contribution in [2.75, 3.05) is 13.2 Å². The molecule has 4 heteroatoms. The zero-order valence-electron chi connectivity index (χ0n) is 11.2. The van der Waals surface area contributed by atoms with Crippen LogP contribution in [0.4, 0.5) is 0 Å². The first-order valence-corrected chi connectivity index (χ1v) is 6.32. The summed E-state index contributed by atoms with van der Waals surface area (Å²) < 4.78 is 5.56. The fourth-order valence-electron chi connectivity index (χ4n) is 2.03. The van der Waals surface area contributed by atoms with Gasteiger partial charge in [0.15, 0.2) is 0 Å². The van der Waals surface area contributed by atoms with E-state index in [1.54, 1.807) is 6.92 Å². The maximum absolute atomic E-state index is 12.4. The van der Waals surface area contributed by atoms with E-state index in [0.717, 1.165) is 6.42 Å². The summed E-state index contributed by atoms with van der Waals surface area (Å²) in [6.07, 6.45) is 1.47. The zero-order chi connectivity index (χ0) is 13.1. The molecule has 0 aromatic heterocycles. The lowest BCUT2D eigenvalue weighted by Gasteiger charge is -2.41. The Labute approximate surface area is 104 Å². The zero-order valence-corrected chi connectivity index (χ0v) is 11.2. The lowest BCUT2D eigenvalue weighted by atomic mass is 9.86. The summed E-state index contributed by atoms with van der Waals surface area (Å²) in [5, 5.41) is 9.18. The standard InChI is InChI=1S/C13H22N2O2/c1-5-11-8-17-10(3)7-15(11)12(16)13(4,6-2)9-14/h10-11H,5-8H2,1-4H3. The lowest BCUT2D eigenvalue weighted by molar-refractivity contribution is -0.151. The maximum atomic E-state index is 12.4. The van der Waals surface area contributed by atoms with Gasteiger partial charge in [0.2, 0.25) is 5.91 Å². The van der Waals surface area contributed by atoms with Crippen molar-refractivity contribution < 1.29 is 9.53 Å². The Morgan fingerprint density at radius 1 is 1.59 bits per heavy atom. The maximum Gasteiger partial charge on any atom is 0.243 e. The Morgan fingerprint density at radius 2 is 2.24 bits per heavy atom. The molecular formula is C13H22N2O2. The fraction of sp³-hybridized carbons (Fsp3) is 0.846. The minimum Gasteiger partial charge on any atom is -0.375 e. The van der Waals surface area contributed by atoms with Gasteiger partial charge in [-0.2, -0.15) is 5.26 Å². The highest BCUT2D eigenvalue weighted by molar-refractivity contribution is 5.85. The second-order valence-corrected chi connectivity index (χ2v) is 4.96. The number of hydrogen-bond acceptors (Lipinski definition) is 3. The van der Waals surface area contributed by atoms with Crippen LogP contribution in [0.3, 0.4) is 0 Å². The van der Waals surface area contributed by atoms with Crippen molar-refractivity contribution in [3.63, 3.8) is 0 Å². The molecule has 3 unspecified atom stereocenters. The quantitative estimate of drug-likeness (QED) is 0.755. The van der Waals surface area contributed by atoms with Gasteiger partial charge in [0.05, 0.1) is 24.8 Å². The molecule has 0 aromatic carbocycles. The van der Waals surface area contributed by atoms with Gasteiger partial charge in [0.1, 0.15) is 5.41 Å². The van der Waals surface area contributed by atoms with Crippen LogP contribution in [0.25, 0.3) is 0 Å². The second kappa shape index (κ2) is 5.50. The van der Waals surface area contributed by atoms with Crippen LogP contribution in [-0.2, 0) is 9.53 Å². The third-order valence-corrected chi connectivity index (χ3v) is 3.63. The highest BCUT2D eigenvalue weighted by Crippen LogP contribution is 2.27. The summed E-state index contributed by atoms with van der Waals surface area (Å²) in [6, 6.07) is 2.26. The fourth-order valence-corrected chi connectivity index (χ4v) is 2.03. The third-order valence-electron chi connectivity index (χ3n) is 3.63. The van der Waals surface area contributed by atoms with Gasteiger partial charge in [0.25, 0.3) is 0 Å². The van der Waals surface area contributed by atoms with E-state index in [1.165, 1.54) is 0 Å². The average molecular weight is 238 g/mol. The molecule has 0 radical (unpaired) electrons. The summed E-state index contributed by atoms with van der Waals surface area (Å²) in [5.74, 6) is -0.0514. The van der Waals surface area contributed by atoms with E-state index >= 15 is 0 Å². The Kier molecular flexibility index (Phi) is 4.53. The Balaban J connectivity index is 2.88. The van der Waals surface area contributed by atoms with Crippen molar-refractivity contribution in [1.29, 1.82) is 5.26 Å². The largest absolute Gasteiger partial charge is 0.375 e. The first-order valence-electron chi connectivity index (χ1n) is 6.32. The summed E-state index contributed by atoms with van der Waals surface area (Å²) in [6.45, 7) is 8.78. The van der Waals surface area contributed by atoms with Gasteiger partial charge < -0.3 is 9.64 Å². The number of morpholine rings is 1. The molecule has 1 rings (SSSR count). The molecule has 3 atom stereocenters.